The van der Waals surface area contributed by atoms with Crippen molar-refractivity contribution in [3.05, 3.63) is 35.9 Å². The number of hydrogen-bond donors (Lipinski definition) is 2. The first kappa shape index (κ1) is 19.7. The minimum Gasteiger partial charge on any atom is -0.393 e. The minimum absolute atomic E-state index is 0.0577. The second-order valence-corrected chi connectivity index (χ2v) is 7.43. The summed E-state index contributed by atoms with van der Waals surface area (Å²) in [5.74, 6) is 0.211. The highest BCUT2D eigenvalue weighted by Gasteiger charge is 2.25. The molecule has 1 aromatic carbocycles. The van der Waals surface area contributed by atoms with Crippen LogP contribution < -0.4 is 5.32 Å². The van der Waals surface area contributed by atoms with Crippen molar-refractivity contribution in [2.45, 2.75) is 51.3 Å². The van der Waals surface area contributed by atoms with Gasteiger partial charge in [0.2, 0.25) is 0 Å². The van der Waals surface area contributed by atoms with Crippen LogP contribution in [0, 0.1) is 5.92 Å². The van der Waals surface area contributed by atoms with Crippen LogP contribution in [0.3, 0.4) is 0 Å². The second kappa shape index (κ2) is 9.78. The Hall–Kier alpha value is -1.59. The third-order valence-electron chi connectivity index (χ3n) is 5.30. The molecule has 140 valence electrons. The zero-order valence-corrected chi connectivity index (χ0v) is 15.8. The van der Waals surface area contributed by atoms with Gasteiger partial charge >= 0.3 is 6.03 Å². The van der Waals surface area contributed by atoms with Gasteiger partial charge in [0, 0.05) is 38.6 Å². The zero-order chi connectivity index (χ0) is 18.2. The molecule has 1 aromatic rings. The van der Waals surface area contributed by atoms with E-state index in [9.17, 15) is 9.90 Å². The Morgan fingerprint density at radius 2 is 1.92 bits per heavy atom. The molecule has 0 saturated heterocycles. The third-order valence-corrected chi connectivity index (χ3v) is 5.30. The topological polar surface area (TPSA) is 55.8 Å². The van der Waals surface area contributed by atoms with Gasteiger partial charge in [-0.05, 0) is 32.4 Å². The fourth-order valence-electron chi connectivity index (χ4n) is 3.39. The lowest BCUT2D eigenvalue weighted by Gasteiger charge is -2.32. The predicted molar refractivity (Wildman–Crippen MR) is 101 cm³/mol. The molecular weight excluding hydrogens is 314 g/mol. The van der Waals surface area contributed by atoms with Gasteiger partial charge in [-0.2, -0.15) is 0 Å². The zero-order valence-electron chi connectivity index (χ0n) is 15.8. The van der Waals surface area contributed by atoms with Crippen LogP contribution >= 0.6 is 0 Å². The lowest BCUT2D eigenvalue weighted by atomic mass is 9.86. The number of benzene rings is 1. The molecule has 0 aromatic heterocycles. The molecule has 25 heavy (non-hydrogen) atoms. The number of nitrogens with zero attached hydrogens (tertiary/aromatic N) is 2. The van der Waals surface area contributed by atoms with E-state index in [4.69, 9.17) is 0 Å². The molecule has 0 bridgehead atoms. The molecule has 5 heteroatoms. The van der Waals surface area contributed by atoms with E-state index in [0.29, 0.717) is 13.1 Å². The fraction of sp³-hybridized carbons (Fsp3) is 0.650. The smallest absolute Gasteiger partial charge is 0.317 e. The van der Waals surface area contributed by atoms with Crippen molar-refractivity contribution in [2.24, 2.45) is 5.92 Å². The van der Waals surface area contributed by atoms with Gasteiger partial charge in [0.15, 0.2) is 0 Å². The number of urea groups is 1. The van der Waals surface area contributed by atoms with E-state index in [2.05, 4.69) is 36.3 Å². The van der Waals surface area contributed by atoms with Crippen LogP contribution in [-0.4, -0.2) is 60.3 Å². The highest BCUT2D eigenvalue weighted by molar-refractivity contribution is 5.73. The van der Waals surface area contributed by atoms with Crippen molar-refractivity contribution in [1.29, 1.82) is 0 Å². The number of carbonyl (C=O) groups excluding carboxylic acids is 1. The third kappa shape index (κ3) is 6.33. The molecule has 0 radical (unpaired) electrons. The Bertz CT molecular complexity index is 523. The Labute approximate surface area is 152 Å². The van der Waals surface area contributed by atoms with Crippen molar-refractivity contribution in [2.75, 3.05) is 27.2 Å². The van der Waals surface area contributed by atoms with Gasteiger partial charge in [-0.15, -0.1) is 0 Å². The molecule has 1 saturated carbocycles. The van der Waals surface area contributed by atoms with Gasteiger partial charge in [0.1, 0.15) is 0 Å². The summed E-state index contributed by atoms with van der Waals surface area (Å²) in [7, 11) is 3.89. The quantitative estimate of drug-likeness (QED) is 0.797. The van der Waals surface area contributed by atoms with E-state index in [1.54, 1.807) is 4.90 Å². The van der Waals surface area contributed by atoms with Gasteiger partial charge in [-0.25, -0.2) is 4.79 Å². The van der Waals surface area contributed by atoms with Crippen LogP contribution in [0.15, 0.2) is 30.3 Å². The largest absolute Gasteiger partial charge is 0.393 e. The number of hydrogen-bond acceptors (Lipinski definition) is 3. The van der Waals surface area contributed by atoms with Crippen molar-refractivity contribution in [1.82, 2.24) is 15.1 Å². The van der Waals surface area contributed by atoms with E-state index >= 15 is 0 Å². The normalized spacial score (nSPS) is 21.8. The maximum Gasteiger partial charge on any atom is 0.317 e. The van der Waals surface area contributed by atoms with Crippen LogP contribution in [0.5, 0.6) is 0 Å². The Morgan fingerprint density at radius 1 is 1.24 bits per heavy atom. The summed E-state index contributed by atoms with van der Waals surface area (Å²) in [6.07, 6.45) is 3.85. The summed E-state index contributed by atoms with van der Waals surface area (Å²) in [6.45, 7) is 4.22. The van der Waals surface area contributed by atoms with Gasteiger partial charge in [-0.1, -0.05) is 43.2 Å². The monoisotopic (exact) mass is 347 g/mol. The number of carbonyl (C=O) groups is 1. The van der Waals surface area contributed by atoms with Crippen LogP contribution in [-0.2, 0) is 6.54 Å². The summed E-state index contributed by atoms with van der Waals surface area (Å²) in [5, 5.41) is 13.1. The van der Waals surface area contributed by atoms with E-state index in [1.807, 2.05) is 25.2 Å². The molecule has 3 unspecified atom stereocenters. The predicted octanol–water partition coefficient (Wildman–Crippen LogP) is 2.70. The van der Waals surface area contributed by atoms with Gasteiger partial charge in [0.25, 0.3) is 0 Å². The second-order valence-electron chi connectivity index (χ2n) is 7.43. The Balaban J connectivity index is 1.72. The molecule has 2 rings (SSSR count). The number of aliphatic hydroxyl groups excluding tert-OH is 1. The van der Waals surface area contributed by atoms with Gasteiger partial charge < -0.3 is 15.3 Å². The van der Waals surface area contributed by atoms with Crippen LogP contribution in [0.2, 0.25) is 0 Å². The summed E-state index contributed by atoms with van der Waals surface area (Å²) in [5.41, 5.74) is 1.27. The highest BCUT2D eigenvalue weighted by Crippen LogP contribution is 2.24. The lowest BCUT2D eigenvalue weighted by Crippen LogP contribution is -2.46. The van der Waals surface area contributed by atoms with E-state index in [1.165, 1.54) is 5.56 Å². The average molecular weight is 348 g/mol. The van der Waals surface area contributed by atoms with Crippen LogP contribution in [0.25, 0.3) is 0 Å². The van der Waals surface area contributed by atoms with Crippen molar-refractivity contribution in [3.63, 3.8) is 0 Å². The summed E-state index contributed by atoms with van der Waals surface area (Å²) >= 11 is 0. The Morgan fingerprint density at radius 3 is 2.60 bits per heavy atom. The van der Waals surface area contributed by atoms with Crippen molar-refractivity contribution in [3.8, 4) is 0 Å². The van der Waals surface area contributed by atoms with Crippen LogP contribution in [0.4, 0.5) is 4.79 Å². The molecule has 2 amide bonds. The average Bonchev–Trinajstić information content (AvgIpc) is 2.62. The summed E-state index contributed by atoms with van der Waals surface area (Å²) in [4.78, 5) is 16.3. The number of rotatable bonds is 7. The first-order valence-corrected chi connectivity index (χ1v) is 9.38. The number of aliphatic hydroxyl groups is 1. The molecule has 0 heterocycles. The van der Waals surface area contributed by atoms with Gasteiger partial charge in [-0.3, -0.25) is 4.90 Å². The molecule has 0 aliphatic heterocycles. The van der Waals surface area contributed by atoms with Crippen molar-refractivity contribution < 1.29 is 9.90 Å². The SMILES string of the molecule is CC(CNC(=O)N(C)CC1CCCCC1O)N(C)Cc1ccccc1. The number of nitrogens with one attached hydrogen (secondary N) is 1. The van der Waals surface area contributed by atoms with Crippen molar-refractivity contribution >= 4 is 6.03 Å². The maximum absolute atomic E-state index is 12.3. The first-order valence-electron chi connectivity index (χ1n) is 9.38. The minimum atomic E-state index is -0.264. The maximum atomic E-state index is 12.3. The molecule has 0 spiro atoms. The molecule has 1 aliphatic rings. The molecule has 5 nitrogen and oxygen atoms in total. The van der Waals surface area contributed by atoms with E-state index in [-0.39, 0.29) is 24.1 Å². The first-order chi connectivity index (χ1) is 12.0. The molecule has 1 fully saturated rings. The molecule has 2 N–H and O–H groups in total. The van der Waals surface area contributed by atoms with E-state index < -0.39 is 0 Å². The Kier molecular flexibility index (Phi) is 7.72. The number of amides is 2. The standard InChI is InChI=1S/C20H33N3O2/c1-16(22(2)14-17-9-5-4-6-10-17)13-21-20(25)23(3)15-18-11-7-8-12-19(18)24/h4-6,9-10,16,18-19,24H,7-8,11-15H2,1-3H3,(H,21,25). The van der Waals surface area contributed by atoms with Crippen LogP contribution in [0.1, 0.15) is 38.2 Å². The molecular formula is C20H33N3O2. The van der Waals surface area contributed by atoms with E-state index in [0.717, 1.165) is 32.2 Å². The number of likely N-dealkylation sites (N-methyl/N-ethyl adjacent to an activating group) is 1. The fourth-order valence-corrected chi connectivity index (χ4v) is 3.39. The summed E-state index contributed by atoms with van der Waals surface area (Å²) in [6, 6.07) is 10.5. The van der Waals surface area contributed by atoms with Gasteiger partial charge in [0.05, 0.1) is 6.10 Å². The highest BCUT2D eigenvalue weighted by atomic mass is 16.3. The summed E-state index contributed by atoms with van der Waals surface area (Å²) < 4.78 is 0. The lowest BCUT2D eigenvalue weighted by molar-refractivity contribution is 0.0563. The molecule has 3 atom stereocenters. The molecule has 1 aliphatic carbocycles.